The predicted octanol–water partition coefficient (Wildman–Crippen LogP) is 1.76. The van der Waals surface area contributed by atoms with E-state index in [1.807, 2.05) is 0 Å². The van der Waals surface area contributed by atoms with Crippen LogP contribution in [0.15, 0.2) is 0 Å². The van der Waals surface area contributed by atoms with E-state index in [0.29, 0.717) is 18.5 Å². The summed E-state index contributed by atoms with van der Waals surface area (Å²) < 4.78 is 0. The van der Waals surface area contributed by atoms with Gasteiger partial charge in [0.2, 0.25) is 0 Å². The molecule has 5 heteroatoms. The number of hydroxylamine groups is 2. The standard InChI is InChI=1S/C9H16N2O3/c12-11(13)14-10-7-3-5-8-4-1-2-6-9(8)10/h8-9H,1-7H2. The summed E-state index contributed by atoms with van der Waals surface area (Å²) in [5, 5.41) is 11.2. The highest BCUT2D eigenvalue weighted by molar-refractivity contribution is 4.83. The van der Waals surface area contributed by atoms with Gasteiger partial charge in [-0.2, -0.15) is 0 Å². The van der Waals surface area contributed by atoms with Gasteiger partial charge in [0.25, 0.3) is 0 Å². The maximum atomic E-state index is 10.3. The van der Waals surface area contributed by atoms with Crippen LogP contribution in [0, 0.1) is 16.0 Å². The van der Waals surface area contributed by atoms with Crippen molar-refractivity contribution in [3.63, 3.8) is 0 Å². The van der Waals surface area contributed by atoms with E-state index < -0.39 is 5.09 Å². The first-order chi connectivity index (χ1) is 6.77. The van der Waals surface area contributed by atoms with Crippen molar-refractivity contribution in [3.8, 4) is 0 Å². The zero-order valence-electron chi connectivity index (χ0n) is 8.22. The van der Waals surface area contributed by atoms with Crippen molar-refractivity contribution < 1.29 is 10.0 Å². The lowest BCUT2D eigenvalue weighted by atomic mass is 9.79. The molecule has 0 amide bonds. The van der Waals surface area contributed by atoms with Gasteiger partial charge >= 0.3 is 5.09 Å². The lowest BCUT2D eigenvalue weighted by Crippen LogP contribution is -2.47. The molecular formula is C9H16N2O3. The number of hydrogen-bond acceptors (Lipinski definition) is 4. The minimum atomic E-state index is -0.684. The van der Waals surface area contributed by atoms with Gasteiger partial charge in [0.15, 0.2) is 0 Å². The minimum Gasteiger partial charge on any atom is -0.217 e. The molecular weight excluding hydrogens is 184 g/mol. The van der Waals surface area contributed by atoms with Gasteiger partial charge in [-0.3, -0.25) is 0 Å². The highest BCUT2D eigenvalue weighted by atomic mass is 17.0. The third-order valence-corrected chi connectivity index (χ3v) is 3.36. The van der Waals surface area contributed by atoms with E-state index in [1.165, 1.54) is 25.7 Å². The second-order valence-corrected chi connectivity index (χ2v) is 4.20. The summed E-state index contributed by atoms with van der Waals surface area (Å²) in [4.78, 5) is 14.9. The number of fused-ring (bicyclic) bond motifs is 1. The van der Waals surface area contributed by atoms with E-state index >= 15 is 0 Å². The lowest BCUT2D eigenvalue weighted by Gasteiger charge is -2.41. The Morgan fingerprint density at radius 3 is 2.71 bits per heavy atom. The molecule has 2 fully saturated rings. The molecule has 0 bridgehead atoms. The van der Waals surface area contributed by atoms with Crippen molar-refractivity contribution in [2.24, 2.45) is 5.92 Å². The number of rotatable bonds is 2. The zero-order chi connectivity index (χ0) is 9.97. The van der Waals surface area contributed by atoms with Crippen molar-refractivity contribution in [1.82, 2.24) is 5.06 Å². The molecule has 0 aromatic rings. The largest absolute Gasteiger partial charge is 0.312 e. The molecule has 1 saturated heterocycles. The van der Waals surface area contributed by atoms with Crippen molar-refractivity contribution in [2.75, 3.05) is 6.54 Å². The van der Waals surface area contributed by atoms with Crippen molar-refractivity contribution in [1.29, 1.82) is 0 Å². The summed E-state index contributed by atoms with van der Waals surface area (Å²) in [5.41, 5.74) is 0. The second-order valence-electron chi connectivity index (χ2n) is 4.20. The minimum absolute atomic E-state index is 0.294. The summed E-state index contributed by atoms with van der Waals surface area (Å²) in [6, 6.07) is 0.294. The van der Waals surface area contributed by atoms with Crippen LogP contribution in [0.1, 0.15) is 38.5 Å². The first-order valence-corrected chi connectivity index (χ1v) is 5.36. The van der Waals surface area contributed by atoms with Gasteiger partial charge in [0.1, 0.15) is 0 Å². The Hall–Kier alpha value is -0.840. The van der Waals surface area contributed by atoms with Crippen LogP contribution in [-0.4, -0.2) is 22.7 Å². The molecule has 2 atom stereocenters. The average Bonchev–Trinajstić information content (AvgIpc) is 2.18. The van der Waals surface area contributed by atoms with Gasteiger partial charge < -0.3 is 0 Å². The van der Waals surface area contributed by atoms with E-state index in [-0.39, 0.29) is 0 Å². The highest BCUT2D eigenvalue weighted by Gasteiger charge is 2.34. The van der Waals surface area contributed by atoms with Gasteiger partial charge in [-0.15, -0.1) is 15.2 Å². The van der Waals surface area contributed by atoms with Crippen LogP contribution < -0.4 is 0 Å². The van der Waals surface area contributed by atoms with Crippen molar-refractivity contribution in [3.05, 3.63) is 10.1 Å². The third-order valence-electron chi connectivity index (χ3n) is 3.36. The first kappa shape index (κ1) is 9.71. The molecule has 1 saturated carbocycles. The van der Waals surface area contributed by atoms with Crippen LogP contribution in [0.5, 0.6) is 0 Å². The molecule has 2 unspecified atom stereocenters. The second kappa shape index (κ2) is 4.13. The first-order valence-electron chi connectivity index (χ1n) is 5.36. The smallest absolute Gasteiger partial charge is 0.217 e. The van der Waals surface area contributed by atoms with E-state index in [4.69, 9.17) is 0 Å². The van der Waals surface area contributed by atoms with E-state index in [0.717, 1.165) is 12.8 Å². The molecule has 80 valence electrons. The molecule has 2 aliphatic rings. The Morgan fingerprint density at radius 1 is 1.21 bits per heavy atom. The van der Waals surface area contributed by atoms with Crippen LogP contribution in [-0.2, 0) is 4.94 Å². The molecule has 2 rings (SSSR count). The Kier molecular flexibility index (Phi) is 2.86. The van der Waals surface area contributed by atoms with Gasteiger partial charge in [0, 0.05) is 12.6 Å². The lowest BCUT2D eigenvalue weighted by molar-refractivity contribution is -0.814. The quantitative estimate of drug-likeness (QED) is 0.503. The summed E-state index contributed by atoms with van der Waals surface area (Å²) >= 11 is 0. The number of nitrogens with zero attached hydrogens (tertiary/aromatic N) is 2. The van der Waals surface area contributed by atoms with Crippen LogP contribution in [0.4, 0.5) is 0 Å². The molecule has 5 nitrogen and oxygen atoms in total. The molecule has 0 aromatic carbocycles. The zero-order valence-corrected chi connectivity index (χ0v) is 8.22. The fourth-order valence-electron chi connectivity index (χ4n) is 2.77. The monoisotopic (exact) mass is 200 g/mol. The third kappa shape index (κ3) is 1.97. The normalized spacial score (nSPS) is 33.4. The van der Waals surface area contributed by atoms with Crippen LogP contribution in [0.2, 0.25) is 0 Å². The molecule has 0 spiro atoms. The fourth-order valence-corrected chi connectivity index (χ4v) is 2.77. The molecule has 1 aliphatic heterocycles. The Balaban J connectivity index is 1.97. The maximum Gasteiger partial charge on any atom is 0.312 e. The molecule has 14 heavy (non-hydrogen) atoms. The molecule has 0 radical (unpaired) electrons. The van der Waals surface area contributed by atoms with E-state index in [2.05, 4.69) is 4.94 Å². The van der Waals surface area contributed by atoms with Crippen LogP contribution in [0.25, 0.3) is 0 Å². The Bertz CT molecular complexity index is 220. The topological polar surface area (TPSA) is 55.6 Å². The van der Waals surface area contributed by atoms with Crippen LogP contribution in [0.3, 0.4) is 0 Å². The number of hydrogen-bond donors (Lipinski definition) is 0. The molecule has 0 aromatic heterocycles. The van der Waals surface area contributed by atoms with Gasteiger partial charge in [-0.25, -0.2) is 4.94 Å². The molecule has 1 aliphatic carbocycles. The van der Waals surface area contributed by atoms with Gasteiger partial charge in [-0.05, 0) is 31.6 Å². The van der Waals surface area contributed by atoms with Gasteiger partial charge in [-0.1, -0.05) is 12.8 Å². The SMILES string of the molecule is O=[N+]([O-])ON1CCCC2CCCCC21. The molecule has 1 heterocycles. The summed E-state index contributed by atoms with van der Waals surface area (Å²) in [7, 11) is 0. The highest BCUT2D eigenvalue weighted by Crippen LogP contribution is 2.35. The van der Waals surface area contributed by atoms with Crippen LogP contribution >= 0.6 is 0 Å². The van der Waals surface area contributed by atoms with Crippen molar-refractivity contribution in [2.45, 2.75) is 44.6 Å². The fraction of sp³-hybridized carbons (Fsp3) is 1.00. The maximum absolute atomic E-state index is 10.3. The van der Waals surface area contributed by atoms with E-state index in [9.17, 15) is 10.1 Å². The Labute approximate surface area is 83.1 Å². The summed E-state index contributed by atoms with van der Waals surface area (Å²) in [6.07, 6.45) is 6.95. The predicted molar refractivity (Wildman–Crippen MR) is 49.8 cm³/mol. The van der Waals surface area contributed by atoms with Crippen molar-refractivity contribution >= 4 is 0 Å². The Morgan fingerprint density at radius 2 is 1.93 bits per heavy atom. The summed E-state index contributed by atoms with van der Waals surface area (Å²) in [5.74, 6) is 0.623. The van der Waals surface area contributed by atoms with Gasteiger partial charge in [0.05, 0.1) is 0 Å². The average molecular weight is 200 g/mol. The number of piperidine rings is 1. The molecule has 0 N–H and O–H groups in total. The summed E-state index contributed by atoms with van der Waals surface area (Å²) in [6.45, 7) is 0.710. The van der Waals surface area contributed by atoms with E-state index in [1.54, 1.807) is 5.06 Å².